The van der Waals surface area contributed by atoms with Crippen molar-refractivity contribution >= 4 is 21.4 Å². The topological polar surface area (TPSA) is 80.4 Å². The van der Waals surface area contributed by atoms with Gasteiger partial charge in [0.2, 0.25) is 10.0 Å². The minimum absolute atomic E-state index is 0.176. The lowest BCUT2D eigenvalue weighted by Gasteiger charge is -2.28. The monoisotopic (exact) mass is 305 g/mol. The van der Waals surface area contributed by atoms with Gasteiger partial charge in [-0.2, -0.15) is 0 Å². The Kier molecular flexibility index (Phi) is 5.98. The number of thiophene rings is 1. The van der Waals surface area contributed by atoms with E-state index in [4.69, 9.17) is 5.14 Å². The molecule has 6 heteroatoms. The third-order valence-corrected chi connectivity index (χ3v) is 5.99. The van der Waals surface area contributed by atoms with Crippen LogP contribution in [-0.2, 0) is 10.0 Å². The van der Waals surface area contributed by atoms with Crippen LogP contribution in [0.5, 0.6) is 0 Å². The fraction of sp³-hybridized carbons (Fsp3) is 0.692. The van der Waals surface area contributed by atoms with Gasteiger partial charge in [0.05, 0.1) is 6.10 Å². The molecule has 0 fully saturated rings. The third kappa shape index (κ3) is 4.02. The zero-order valence-electron chi connectivity index (χ0n) is 11.7. The van der Waals surface area contributed by atoms with Crippen LogP contribution < -0.4 is 5.14 Å². The zero-order chi connectivity index (χ0) is 14.6. The molecule has 3 N–H and O–H groups in total. The molecule has 1 aromatic rings. The summed E-state index contributed by atoms with van der Waals surface area (Å²) in [5.41, 5.74) is 0.669. The van der Waals surface area contributed by atoms with Crippen molar-refractivity contribution in [1.82, 2.24) is 0 Å². The first-order valence-corrected chi connectivity index (χ1v) is 9.03. The summed E-state index contributed by atoms with van der Waals surface area (Å²) in [5, 5.41) is 17.3. The molecule has 0 amide bonds. The van der Waals surface area contributed by atoms with Crippen LogP contribution in [0.1, 0.15) is 51.5 Å². The number of aliphatic hydroxyl groups excluding tert-OH is 1. The van der Waals surface area contributed by atoms with Crippen molar-refractivity contribution in [1.29, 1.82) is 0 Å². The van der Waals surface area contributed by atoms with Gasteiger partial charge < -0.3 is 5.11 Å². The highest BCUT2D eigenvalue weighted by molar-refractivity contribution is 7.91. The average Bonchev–Trinajstić information content (AvgIpc) is 2.78. The Morgan fingerprint density at radius 3 is 2.53 bits per heavy atom. The van der Waals surface area contributed by atoms with E-state index in [-0.39, 0.29) is 16.0 Å². The molecule has 0 aliphatic carbocycles. The van der Waals surface area contributed by atoms with Gasteiger partial charge in [-0.25, -0.2) is 13.6 Å². The van der Waals surface area contributed by atoms with Crippen molar-refractivity contribution in [2.75, 3.05) is 0 Å². The molecule has 19 heavy (non-hydrogen) atoms. The standard InChI is InChI=1S/C13H23NO3S2/c1-4-6-11(15)12(9(3)5-2)10-7-8-18-13(10)19(14,16)17/h7-9,11-12,15H,4-6H2,1-3H3,(H2,14,16,17)/t9-,11-,12-/m0/s1. The largest absolute Gasteiger partial charge is 0.392 e. The second-order valence-corrected chi connectivity index (χ2v) is 7.65. The van der Waals surface area contributed by atoms with E-state index in [9.17, 15) is 13.5 Å². The minimum atomic E-state index is -3.72. The molecule has 0 saturated carbocycles. The summed E-state index contributed by atoms with van der Waals surface area (Å²) in [6, 6.07) is 1.78. The molecule has 110 valence electrons. The Labute approximate surface area is 119 Å². The molecule has 0 bridgehead atoms. The smallest absolute Gasteiger partial charge is 0.247 e. The van der Waals surface area contributed by atoms with Gasteiger partial charge in [-0.15, -0.1) is 11.3 Å². The number of aliphatic hydroxyl groups is 1. The van der Waals surface area contributed by atoms with E-state index in [0.29, 0.717) is 12.0 Å². The van der Waals surface area contributed by atoms with Gasteiger partial charge in [0, 0.05) is 5.92 Å². The number of nitrogens with two attached hydrogens (primary N) is 1. The van der Waals surface area contributed by atoms with E-state index in [0.717, 1.165) is 24.2 Å². The summed E-state index contributed by atoms with van der Waals surface area (Å²) in [4.78, 5) is 0. The molecule has 1 aromatic heterocycles. The van der Waals surface area contributed by atoms with Gasteiger partial charge in [0.25, 0.3) is 0 Å². The number of sulfonamides is 1. The maximum atomic E-state index is 11.6. The Hall–Kier alpha value is -0.430. The summed E-state index contributed by atoms with van der Waals surface area (Å²) < 4.78 is 23.4. The molecule has 1 rings (SSSR count). The first-order valence-electron chi connectivity index (χ1n) is 6.61. The van der Waals surface area contributed by atoms with Crippen molar-refractivity contribution in [2.24, 2.45) is 11.1 Å². The van der Waals surface area contributed by atoms with Gasteiger partial charge in [-0.3, -0.25) is 0 Å². The average molecular weight is 305 g/mol. The maximum Gasteiger partial charge on any atom is 0.247 e. The van der Waals surface area contributed by atoms with Crippen LogP contribution in [0.3, 0.4) is 0 Å². The normalized spacial score (nSPS) is 17.1. The van der Waals surface area contributed by atoms with Crippen molar-refractivity contribution in [2.45, 2.75) is 56.3 Å². The molecule has 0 aliphatic rings. The molecular weight excluding hydrogens is 282 g/mol. The van der Waals surface area contributed by atoms with E-state index in [2.05, 4.69) is 0 Å². The molecule has 4 nitrogen and oxygen atoms in total. The van der Waals surface area contributed by atoms with Crippen molar-refractivity contribution in [3.8, 4) is 0 Å². The molecule has 0 unspecified atom stereocenters. The van der Waals surface area contributed by atoms with E-state index in [1.165, 1.54) is 0 Å². The van der Waals surface area contributed by atoms with Gasteiger partial charge in [0.15, 0.2) is 0 Å². The van der Waals surface area contributed by atoms with Crippen molar-refractivity contribution < 1.29 is 13.5 Å². The Morgan fingerprint density at radius 2 is 2.05 bits per heavy atom. The minimum Gasteiger partial charge on any atom is -0.392 e. The number of rotatable bonds is 7. The van der Waals surface area contributed by atoms with E-state index < -0.39 is 16.1 Å². The van der Waals surface area contributed by atoms with Crippen molar-refractivity contribution in [3.05, 3.63) is 17.0 Å². The van der Waals surface area contributed by atoms with E-state index >= 15 is 0 Å². The third-order valence-electron chi connectivity index (χ3n) is 3.53. The highest BCUT2D eigenvalue weighted by Crippen LogP contribution is 2.37. The molecule has 0 saturated heterocycles. The maximum absolute atomic E-state index is 11.6. The van der Waals surface area contributed by atoms with Crippen LogP contribution >= 0.6 is 11.3 Å². The lowest BCUT2D eigenvalue weighted by atomic mass is 9.81. The lowest BCUT2D eigenvalue weighted by molar-refractivity contribution is 0.107. The first-order chi connectivity index (χ1) is 8.82. The molecule has 1 heterocycles. The summed E-state index contributed by atoms with van der Waals surface area (Å²) in [5.74, 6) is 0.0289. The van der Waals surface area contributed by atoms with Crippen LogP contribution in [0.25, 0.3) is 0 Å². The number of primary sulfonamides is 1. The van der Waals surface area contributed by atoms with E-state index in [1.54, 1.807) is 11.4 Å². The molecule has 0 aromatic carbocycles. The van der Waals surface area contributed by atoms with Gasteiger partial charge >= 0.3 is 0 Å². The fourth-order valence-electron chi connectivity index (χ4n) is 2.41. The van der Waals surface area contributed by atoms with Gasteiger partial charge in [-0.05, 0) is 29.3 Å². The molecule has 3 atom stereocenters. The Morgan fingerprint density at radius 1 is 1.42 bits per heavy atom. The first kappa shape index (κ1) is 16.6. The Balaban J connectivity index is 3.22. The summed E-state index contributed by atoms with van der Waals surface area (Å²) in [6.07, 6.45) is 1.87. The lowest BCUT2D eigenvalue weighted by Crippen LogP contribution is -2.26. The van der Waals surface area contributed by atoms with Crippen LogP contribution in [0, 0.1) is 5.92 Å². The highest BCUT2D eigenvalue weighted by atomic mass is 32.2. The molecule has 0 spiro atoms. The Bertz CT molecular complexity index is 496. The second-order valence-electron chi connectivity index (χ2n) is 4.98. The number of hydrogen-bond donors (Lipinski definition) is 2. The van der Waals surface area contributed by atoms with E-state index in [1.807, 2.05) is 20.8 Å². The molecular formula is C13H23NO3S2. The van der Waals surface area contributed by atoms with Gasteiger partial charge in [0.1, 0.15) is 4.21 Å². The zero-order valence-corrected chi connectivity index (χ0v) is 13.3. The predicted octanol–water partition coefficient (Wildman–Crippen LogP) is 2.69. The highest BCUT2D eigenvalue weighted by Gasteiger charge is 2.31. The van der Waals surface area contributed by atoms with Crippen LogP contribution in [0.2, 0.25) is 0 Å². The SMILES string of the molecule is CCC[C@H](O)[C@H](c1ccsc1S(N)(=O)=O)[C@@H](C)CC. The fourth-order valence-corrected chi connectivity index (χ4v) is 4.32. The van der Waals surface area contributed by atoms with Crippen LogP contribution in [0.4, 0.5) is 0 Å². The second kappa shape index (κ2) is 6.83. The molecule has 0 radical (unpaired) electrons. The summed E-state index contributed by atoms with van der Waals surface area (Å²) in [7, 11) is -3.72. The van der Waals surface area contributed by atoms with Crippen LogP contribution in [-0.4, -0.2) is 19.6 Å². The van der Waals surface area contributed by atoms with Crippen molar-refractivity contribution in [3.63, 3.8) is 0 Å². The van der Waals surface area contributed by atoms with Gasteiger partial charge in [-0.1, -0.05) is 33.6 Å². The number of hydrogen-bond acceptors (Lipinski definition) is 4. The molecule has 0 aliphatic heterocycles. The van der Waals surface area contributed by atoms with Crippen LogP contribution in [0.15, 0.2) is 15.7 Å². The summed E-state index contributed by atoms with van der Waals surface area (Å²) >= 11 is 1.12. The quantitative estimate of drug-likeness (QED) is 0.812. The predicted molar refractivity (Wildman–Crippen MR) is 78.8 cm³/mol. The summed E-state index contributed by atoms with van der Waals surface area (Å²) in [6.45, 7) is 6.08.